The molecule has 0 aliphatic carbocycles. The Morgan fingerprint density at radius 3 is 2.67 bits per heavy atom. The Morgan fingerprint density at radius 2 is 2.06 bits per heavy atom. The fourth-order valence-electron chi connectivity index (χ4n) is 2.50. The molecule has 1 saturated heterocycles. The smallest absolute Gasteiger partial charge is 0.123 e. The molecule has 2 nitrogen and oxygen atoms in total. The molecular weight excluding hydrogens is 297 g/mol. The van der Waals surface area contributed by atoms with Gasteiger partial charge in [-0.1, -0.05) is 22.9 Å². The maximum Gasteiger partial charge on any atom is 0.123 e. The van der Waals surface area contributed by atoms with Crippen molar-refractivity contribution in [2.24, 2.45) is 0 Å². The predicted octanol–water partition coefficient (Wildman–Crippen LogP) is 2.98. The third-order valence-electron chi connectivity index (χ3n) is 3.76. The minimum atomic E-state index is -0.692. The third kappa shape index (κ3) is 3.31. The van der Waals surface area contributed by atoms with E-state index in [-0.39, 0.29) is 5.82 Å². The highest BCUT2D eigenvalue weighted by Crippen LogP contribution is 2.29. The Kier molecular flexibility index (Phi) is 4.41. The van der Waals surface area contributed by atoms with Crippen LogP contribution < -0.4 is 0 Å². The molecular formula is C14H19BrFNO. The maximum atomic E-state index is 13.2. The first-order valence-electron chi connectivity index (χ1n) is 6.41. The Hall–Kier alpha value is -0.450. The summed E-state index contributed by atoms with van der Waals surface area (Å²) in [7, 11) is 0. The van der Waals surface area contributed by atoms with Crippen molar-refractivity contribution in [2.75, 3.05) is 19.6 Å². The van der Waals surface area contributed by atoms with Crippen molar-refractivity contribution in [2.45, 2.75) is 31.8 Å². The van der Waals surface area contributed by atoms with E-state index in [0.29, 0.717) is 6.42 Å². The van der Waals surface area contributed by atoms with E-state index in [1.165, 1.54) is 12.1 Å². The quantitative estimate of drug-likeness (QED) is 0.927. The van der Waals surface area contributed by atoms with Crippen LogP contribution in [-0.4, -0.2) is 35.2 Å². The molecule has 0 aromatic heterocycles. The van der Waals surface area contributed by atoms with Crippen LogP contribution in [0.3, 0.4) is 0 Å². The lowest BCUT2D eigenvalue weighted by Crippen LogP contribution is -2.45. The monoisotopic (exact) mass is 315 g/mol. The molecule has 0 unspecified atom stereocenters. The summed E-state index contributed by atoms with van der Waals surface area (Å²) in [5, 5.41) is 10.6. The van der Waals surface area contributed by atoms with E-state index in [1.54, 1.807) is 6.07 Å². The van der Waals surface area contributed by atoms with Gasteiger partial charge in [-0.05, 0) is 43.1 Å². The standard InChI is InChI=1S/C14H19BrFNO/c1-2-17-7-5-14(18,6-8-17)10-11-9-12(16)3-4-13(11)15/h3-4,9,18H,2,5-8,10H2,1H3. The van der Waals surface area contributed by atoms with E-state index in [4.69, 9.17) is 0 Å². The van der Waals surface area contributed by atoms with Crippen molar-refractivity contribution < 1.29 is 9.50 Å². The van der Waals surface area contributed by atoms with Crippen LogP contribution in [0.4, 0.5) is 4.39 Å². The van der Waals surface area contributed by atoms with Gasteiger partial charge in [0.05, 0.1) is 5.60 Å². The van der Waals surface area contributed by atoms with Crippen molar-refractivity contribution in [3.05, 3.63) is 34.1 Å². The second-order valence-corrected chi connectivity index (χ2v) is 5.93. The molecule has 18 heavy (non-hydrogen) atoms. The Morgan fingerprint density at radius 1 is 1.39 bits per heavy atom. The van der Waals surface area contributed by atoms with Crippen molar-refractivity contribution in [1.82, 2.24) is 4.90 Å². The molecule has 0 bridgehead atoms. The SMILES string of the molecule is CCN1CCC(O)(Cc2cc(F)ccc2Br)CC1. The van der Waals surface area contributed by atoms with Gasteiger partial charge in [0, 0.05) is 24.0 Å². The molecule has 1 N–H and O–H groups in total. The molecule has 0 saturated carbocycles. The van der Waals surface area contributed by atoms with Crippen molar-refractivity contribution in [3.63, 3.8) is 0 Å². The normalized spacial score (nSPS) is 20.0. The van der Waals surface area contributed by atoms with Crippen LogP contribution in [0.25, 0.3) is 0 Å². The van der Waals surface area contributed by atoms with E-state index in [9.17, 15) is 9.50 Å². The Labute approximate surface area is 116 Å². The molecule has 0 spiro atoms. The number of benzene rings is 1. The van der Waals surface area contributed by atoms with Crippen LogP contribution in [0.2, 0.25) is 0 Å². The van der Waals surface area contributed by atoms with Crippen LogP contribution in [-0.2, 0) is 6.42 Å². The van der Waals surface area contributed by atoms with Gasteiger partial charge in [0.15, 0.2) is 0 Å². The summed E-state index contributed by atoms with van der Waals surface area (Å²) in [6.07, 6.45) is 2.02. The number of halogens is 2. The molecule has 4 heteroatoms. The van der Waals surface area contributed by atoms with Gasteiger partial charge < -0.3 is 10.0 Å². The molecule has 2 rings (SSSR count). The topological polar surface area (TPSA) is 23.5 Å². The minimum absolute atomic E-state index is 0.247. The lowest BCUT2D eigenvalue weighted by atomic mass is 9.85. The van der Waals surface area contributed by atoms with Gasteiger partial charge in [-0.15, -0.1) is 0 Å². The summed E-state index contributed by atoms with van der Waals surface area (Å²) >= 11 is 3.42. The zero-order chi connectivity index (χ0) is 13.2. The van der Waals surface area contributed by atoms with Crippen LogP contribution in [0.5, 0.6) is 0 Å². The highest BCUT2D eigenvalue weighted by atomic mass is 79.9. The zero-order valence-corrected chi connectivity index (χ0v) is 12.2. The molecule has 1 aromatic rings. The summed E-state index contributed by atoms with van der Waals surface area (Å²) in [5.41, 5.74) is 0.157. The second-order valence-electron chi connectivity index (χ2n) is 5.07. The summed E-state index contributed by atoms with van der Waals surface area (Å²) in [4.78, 5) is 2.33. The third-order valence-corrected chi connectivity index (χ3v) is 4.53. The molecule has 1 aliphatic heterocycles. The van der Waals surface area contributed by atoms with Gasteiger partial charge in [0.2, 0.25) is 0 Å². The first-order valence-corrected chi connectivity index (χ1v) is 7.20. The van der Waals surface area contributed by atoms with Crippen LogP contribution in [0, 0.1) is 5.82 Å². The minimum Gasteiger partial charge on any atom is -0.389 e. The first kappa shape index (κ1) is 14.0. The molecule has 100 valence electrons. The van der Waals surface area contributed by atoms with Gasteiger partial charge >= 0.3 is 0 Å². The number of hydrogen-bond acceptors (Lipinski definition) is 2. The van der Waals surface area contributed by atoms with Crippen LogP contribution in [0.1, 0.15) is 25.3 Å². The summed E-state index contributed by atoms with van der Waals surface area (Å²) in [6.45, 7) is 4.99. The molecule has 1 aliphatic rings. The number of hydrogen-bond donors (Lipinski definition) is 1. The average Bonchev–Trinajstić information content (AvgIpc) is 2.35. The van der Waals surface area contributed by atoms with E-state index < -0.39 is 5.60 Å². The van der Waals surface area contributed by atoms with E-state index in [0.717, 1.165) is 42.5 Å². The number of rotatable bonds is 3. The summed E-state index contributed by atoms with van der Waals surface area (Å²) < 4.78 is 14.1. The highest BCUT2D eigenvalue weighted by molar-refractivity contribution is 9.10. The molecule has 1 fully saturated rings. The molecule has 1 heterocycles. The molecule has 1 aromatic carbocycles. The van der Waals surface area contributed by atoms with Gasteiger partial charge in [-0.25, -0.2) is 4.39 Å². The van der Waals surface area contributed by atoms with Gasteiger partial charge in [-0.2, -0.15) is 0 Å². The van der Waals surface area contributed by atoms with E-state index in [2.05, 4.69) is 27.8 Å². The maximum absolute atomic E-state index is 13.2. The van der Waals surface area contributed by atoms with Crippen LogP contribution in [0.15, 0.2) is 22.7 Å². The van der Waals surface area contributed by atoms with Crippen molar-refractivity contribution in [1.29, 1.82) is 0 Å². The van der Waals surface area contributed by atoms with Gasteiger partial charge in [0.1, 0.15) is 5.82 Å². The number of likely N-dealkylation sites (tertiary alicyclic amines) is 1. The summed E-state index contributed by atoms with van der Waals surface area (Å²) in [6, 6.07) is 4.64. The predicted molar refractivity (Wildman–Crippen MR) is 74.1 cm³/mol. The Balaban J connectivity index is 2.06. The van der Waals surface area contributed by atoms with Gasteiger partial charge in [0.25, 0.3) is 0 Å². The van der Waals surface area contributed by atoms with Crippen molar-refractivity contribution in [3.8, 4) is 0 Å². The van der Waals surface area contributed by atoms with Crippen LogP contribution >= 0.6 is 15.9 Å². The molecule has 0 atom stereocenters. The molecule has 0 radical (unpaired) electrons. The van der Waals surface area contributed by atoms with Gasteiger partial charge in [-0.3, -0.25) is 0 Å². The first-order chi connectivity index (χ1) is 8.52. The summed E-state index contributed by atoms with van der Waals surface area (Å²) in [5.74, 6) is -0.247. The van der Waals surface area contributed by atoms with Crippen molar-refractivity contribution >= 4 is 15.9 Å². The average molecular weight is 316 g/mol. The fraction of sp³-hybridized carbons (Fsp3) is 0.571. The van der Waals surface area contributed by atoms with E-state index in [1.807, 2.05) is 0 Å². The largest absolute Gasteiger partial charge is 0.389 e. The zero-order valence-electron chi connectivity index (χ0n) is 10.6. The second kappa shape index (κ2) is 5.68. The Bertz CT molecular complexity index is 416. The fourth-order valence-corrected chi connectivity index (χ4v) is 2.88. The number of aliphatic hydroxyl groups is 1. The molecule has 0 amide bonds. The number of nitrogens with zero attached hydrogens (tertiary/aromatic N) is 1. The van der Waals surface area contributed by atoms with E-state index >= 15 is 0 Å². The lowest BCUT2D eigenvalue weighted by molar-refractivity contribution is -0.0195. The highest BCUT2D eigenvalue weighted by Gasteiger charge is 2.32. The number of piperidine rings is 1. The lowest BCUT2D eigenvalue weighted by Gasteiger charge is -2.38.